The van der Waals surface area contributed by atoms with Crippen molar-refractivity contribution in [3.8, 4) is 0 Å². The maximum Gasteiger partial charge on any atom is 0.267 e. The Balaban J connectivity index is 2.40. The van der Waals surface area contributed by atoms with Crippen LogP contribution in [0.2, 0.25) is 0 Å². The van der Waals surface area contributed by atoms with E-state index in [2.05, 4.69) is 30.6 Å². The Bertz CT molecular complexity index is 745. The number of benzene rings is 1. The topological polar surface area (TPSA) is 72.0 Å². The van der Waals surface area contributed by atoms with Gasteiger partial charge in [0, 0.05) is 15.9 Å². The Morgan fingerprint density at radius 2 is 1.75 bits per heavy atom. The van der Waals surface area contributed by atoms with Gasteiger partial charge in [0.25, 0.3) is 10.0 Å². The van der Waals surface area contributed by atoms with Gasteiger partial charge in [-0.05, 0) is 38.1 Å². The minimum absolute atomic E-state index is 0.0789. The Kier molecular flexibility index (Phi) is 4.05. The molecule has 0 aliphatic heterocycles. The molecule has 1 heterocycles. The second-order valence-electron chi connectivity index (χ2n) is 4.15. The van der Waals surface area contributed by atoms with Gasteiger partial charge in [-0.2, -0.15) is 0 Å². The average Bonchev–Trinajstić information content (AvgIpc) is 2.25. The molecule has 106 valence electrons. The lowest BCUT2D eigenvalue weighted by Gasteiger charge is -2.08. The van der Waals surface area contributed by atoms with E-state index in [9.17, 15) is 12.8 Å². The van der Waals surface area contributed by atoms with Gasteiger partial charge in [0.15, 0.2) is 0 Å². The SMILES string of the molecule is Cc1cc(C)nc(NS(=O)(=O)c2ccc(Br)cc2F)n1. The summed E-state index contributed by atoms with van der Waals surface area (Å²) in [5.41, 5.74) is 1.23. The van der Waals surface area contributed by atoms with E-state index in [1.165, 1.54) is 12.1 Å². The molecular formula is C12H11BrFN3O2S. The van der Waals surface area contributed by atoms with Crippen LogP contribution in [0.25, 0.3) is 0 Å². The molecule has 0 atom stereocenters. The van der Waals surface area contributed by atoms with Crippen LogP contribution >= 0.6 is 15.9 Å². The van der Waals surface area contributed by atoms with E-state index < -0.39 is 20.7 Å². The predicted octanol–water partition coefficient (Wildman–Crippen LogP) is 2.80. The Labute approximate surface area is 124 Å². The number of halogens is 2. The van der Waals surface area contributed by atoms with Crippen LogP contribution < -0.4 is 4.72 Å². The van der Waals surface area contributed by atoms with Crippen molar-refractivity contribution in [1.29, 1.82) is 0 Å². The molecule has 0 aliphatic carbocycles. The van der Waals surface area contributed by atoms with E-state index in [0.717, 1.165) is 6.07 Å². The molecule has 2 aromatic rings. The van der Waals surface area contributed by atoms with Gasteiger partial charge >= 0.3 is 0 Å². The van der Waals surface area contributed by atoms with Gasteiger partial charge in [-0.1, -0.05) is 15.9 Å². The molecule has 0 aliphatic rings. The van der Waals surface area contributed by atoms with Crippen LogP contribution in [0, 0.1) is 19.7 Å². The van der Waals surface area contributed by atoms with Crippen molar-refractivity contribution < 1.29 is 12.8 Å². The molecule has 0 saturated heterocycles. The largest absolute Gasteiger partial charge is 0.267 e. The average molecular weight is 360 g/mol. The quantitative estimate of drug-likeness (QED) is 0.914. The van der Waals surface area contributed by atoms with Gasteiger partial charge in [0.2, 0.25) is 5.95 Å². The number of nitrogens with one attached hydrogen (secondary N) is 1. The molecule has 0 radical (unpaired) electrons. The Morgan fingerprint density at radius 3 is 2.30 bits per heavy atom. The van der Waals surface area contributed by atoms with E-state index >= 15 is 0 Å². The normalized spacial score (nSPS) is 11.4. The first-order valence-electron chi connectivity index (χ1n) is 5.58. The summed E-state index contributed by atoms with van der Waals surface area (Å²) in [6.45, 7) is 3.43. The first-order valence-corrected chi connectivity index (χ1v) is 7.86. The number of rotatable bonds is 3. The summed E-state index contributed by atoms with van der Waals surface area (Å²) in [6.07, 6.45) is 0. The summed E-state index contributed by atoms with van der Waals surface area (Å²) in [7, 11) is -4.07. The highest BCUT2D eigenvalue weighted by atomic mass is 79.9. The fraction of sp³-hybridized carbons (Fsp3) is 0.167. The number of aryl methyl sites for hydroxylation is 2. The molecular weight excluding hydrogens is 349 g/mol. The minimum Gasteiger partial charge on any atom is -0.247 e. The monoisotopic (exact) mass is 359 g/mol. The number of aromatic nitrogens is 2. The van der Waals surface area contributed by atoms with Crippen molar-refractivity contribution in [3.05, 3.63) is 45.9 Å². The van der Waals surface area contributed by atoms with Crippen LogP contribution in [0.15, 0.2) is 33.6 Å². The predicted molar refractivity (Wildman–Crippen MR) is 76.4 cm³/mol. The molecule has 8 heteroatoms. The Morgan fingerprint density at radius 1 is 1.15 bits per heavy atom. The highest BCUT2D eigenvalue weighted by Gasteiger charge is 2.20. The number of sulfonamides is 1. The van der Waals surface area contributed by atoms with Crippen molar-refractivity contribution in [2.24, 2.45) is 0 Å². The van der Waals surface area contributed by atoms with E-state index in [4.69, 9.17) is 0 Å². The minimum atomic E-state index is -4.07. The third kappa shape index (κ3) is 3.31. The van der Waals surface area contributed by atoms with Gasteiger partial charge in [0.1, 0.15) is 10.7 Å². The lowest BCUT2D eigenvalue weighted by Crippen LogP contribution is -2.17. The summed E-state index contributed by atoms with van der Waals surface area (Å²) in [6, 6.07) is 5.40. The highest BCUT2D eigenvalue weighted by Crippen LogP contribution is 2.21. The molecule has 0 bridgehead atoms. The standard InChI is InChI=1S/C12H11BrFN3O2S/c1-7-5-8(2)16-12(15-7)17-20(18,19)11-4-3-9(13)6-10(11)14/h3-6H,1-2H3,(H,15,16,17). The molecule has 1 aromatic heterocycles. The molecule has 1 aromatic carbocycles. The maximum atomic E-state index is 13.7. The zero-order valence-corrected chi connectivity index (χ0v) is 13.1. The van der Waals surface area contributed by atoms with Crippen LogP contribution in [0.1, 0.15) is 11.4 Å². The summed E-state index contributed by atoms with van der Waals surface area (Å²) in [4.78, 5) is 7.46. The van der Waals surface area contributed by atoms with Crippen molar-refractivity contribution >= 4 is 31.9 Å². The zero-order valence-electron chi connectivity index (χ0n) is 10.7. The van der Waals surface area contributed by atoms with E-state index in [-0.39, 0.29) is 5.95 Å². The summed E-state index contributed by atoms with van der Waals surface area (Å²) >= 11 is 3.07. The van der Waals surface area contributed by atoms with Gasteiger partial charge in [-0.25, -0.2) is 27.5 Å². The van der Waals surface area contributed by atoms with E-state index in [0.29, 0.717) is 15.9 Å². The molecule has 0 spiro atoms. The molecule has 5 nitrogen and oxygen atoms in total. The Hall–Kier alpha value is -1.54. The lowest BCUT2D eigenvalue weighted by atomic mass is 10.3. The third-order valence-electron chi connectivity index (χ3n) is 2.39. The van der Waals surface area contributed by atoms with Crippen LogP contribution in [0.4, 0.5) is 10.3 Å². The number of anilines is 1. The fourth-order valence-electron chi connectivity index (χ4n) is 1.64. The smallest absolute Gasteiger partial charge is 0.247 e. The second kappa shape index (κ2) is 5.45. The van der Waals surface area contributed by atoms with Crippen molar-refractivity contribution in [3.63, 3.8) is 0 Å². The molecule has 2 rings (SSSR count). The van der Waals surface area contributed by atoms with E-state index in [1.54, 1.807) is 19.9 Å². The number of hydrogen-bond acceptors (Lipinski definition) is 4. The van der Waals surface area contributed by atoms with Crippen LogP contribution in [0.3, 0.4) is 0 Å². The van der Waals surface area contributed by atoms with Gasteiger partial charge in [-0.15, -0.1) is 0 Å². The molecule has 0 amide bonds. The van der Waals surface area contributed by atoms with Gasteiger partial charge in [-0.3, -0.25) is 0 Å². The lowest BCUT2D eigenvalue weighted by molar-refractivity contribution is 0.569. The molecule has 20 heavy (non-hydrogen) atoms. The number of nitrogens with zero attached hydrogens (tertiary/aromatic N) is 2. The van der Waals surface area contributed by atoms with Gasteiger partial charge < -0.3 is 0 Å². The van der Waals surface area contributed by atoms with Crippen molar-refractivity contribution in [1.82, 2.24) is 9.97 Å². The first kappa shape index (κ1) is 14.9. The second-order valence-corrected chi connectivity index (χ2v) is 6.72. The van der Waals surface area contributed by atoms with E-state index in [1.807, 2.05) is 0 Å². The molecule has 0 fully saturated rings. The molecule has 1 N–H and O–H groups in total. The molecule has 0 saturated carbocycles. The fourth-order valence-corrected chi connectivity index (χ4v) is 2.98. The van der Waals surface area contributed by atoms with Crippen molar-refractivity contribution in [2.45, 2.75) is 18.7 Å². The summed E-state index contributed by atoms with van der Waals surface area (Å²) in [5.74, 6) is -0.930. The highest BCUT2D eigenvalue weighted by molar-refractivity contribution is 9.10. The van der Waals surface area contributed by atoms with Gasteiger partial charge in [0.05, 0.1) is 0 Å². The summed E-state index contributed by atoms with van der Waals surface area (Å²) < 4.78 is 40.6. The number of hydrogen-bond donors (Lipinski definition) is 1. The van der Waals surface area contributed by atoms with Crippen LogP contribution in [-0.4, -0.2) is 18.4 Å². The molecule has 0 unspecified atom stereocenters. The zero-order chi connectivity index (χ0) is 14.9. The van der Waals surface area contributed by atoms with Crippen LogP contribution in [0.5, 0.6) is 0 Å². The van der Waals surface area contributed by atoms with Crippen molar-refractivity contribution in [2.75, 3.05) is 4.72 Å². The third-order valence-corrected chi connectivity index (χ3v) is 4.25. The maximum absolute atomic E-state index is 13.7. The first-order chi connectivity index (χ1) is 9.28. The van der Waals surface area contributed by atoms with Crippen LogP contribution in [-0.2, 0) is 10.0 Å². The summed E-state index contributed by atoms with van der Waals surface area (Å²) in [5, 5.41) is 0.